The zero-order chi connectivity index (χ0) is 18.5. The van der Waals surface area contributed by atoms with E-state index in [-0.39, 0.29) is 30.4 Å². The van der Waals surface area contributed by atoms with E-state index in [1.54, 1.807) is 24.3 Å². The predicted octanol–water partition coefficient (Wildman–Crippen LogP) is 3.58. The molecule has 3 rings (SSSR count). The minimum absolute atomic E-state index is 0.0308. The first-order valence-corrected chi connectivity index (χ1v) is 7.87. The third-order valence-corrected chi connectivity index (χ3v) is 3.82. The van der Waals surface area contributed by atoms with Gasteiger partial charge in [-0.3, -0.25) is 14.9 Å². The van der Waals surface area contributed by atoms with Crippen LogP contribution in [0.1, 0.15) is 11.5 Å². The van der Waals surface area contributed by atoms with Crippen LogP contribution in [-0.4, -0.2) is 21.0 Å². The summed E-state index contributed by atoms with van der Waals surface area (Å²) in [7, 11) is 0. The molecule has 0 saturated carbocycles. The topological polar surface area (TPSA) is 108 Å². The first-order chi connectivity index (χ1) is 12.5. The van der Waals surface area contributed by atoms with Crippen LogP contribution in [0.5, 0.6) is 0 Å². The number of aromatic nitrogens is 2. The number of nitro benzene ring substituents is 1. The van der Waals surface area contributed by atoms with Crippen molar-refractivity contribution >= 4 is 23.3 Å². The van der Waals surface area contributed by atoms with E-state index in [9.17, 15) is 14.9 Å². The van der Waals surface area contributed by atoms with Crippen LogP contribution in [0.15, 0.2) is 53.1 Å². The molecule has 0 aliphatic heterocycles. The minimum Gasteiger partial charge on any atom is -0.455 e. The highest BCUT2D eigenvalue weighted by molar-refractivity contribution is 6.31. The third-order valence-electron chi connectivity index (χ3n) is 3.45. The van der Waals surface area contributed by atoms with Gasteiger partial charge in [0.05, 0.1) is 11.3 Å². The molecule has 0 bridgehead atoms. The maximum atomic E-state index is 11.9. The Bertz CT molecular complexity index is 940. The van der Waals surface area contributed by atoms with Crippen LogP contribution in [-0.2, 0) is 22.6 Å². The average molecular weight is 374 g/mol. The van der Waals surface area contributed by atoms with Crippen molar-refractivity contribution in [3.05, 3.63) is 75.1 Å². The van der Waals surface area contributed by atoms with Crippen LogP contribution in [0.4, 0.5) is 5.69 Å². The fourth-order valence-corrected chi connectivity index (χ4v) is 2.36. The van der Waals surface area contributed by atoms with Gasteiger partial charge in [0.2, 0.25) is 5.82 Å². The van der Waals surface area contributed by atoms with Crippen molar-refractivity contribution in [1.82, 2.24) is 10.1 Å². The smallest absolute Gasteiger partial charge is 0.310 e. The van der Waals surface area contributed by atoms with Crippen molar-refractivity contribution in [1.29, 1.82) is 0 Å². The van der Waals surface area contributed by atoms with Crippen LogP contribution in [0.25, 0.3) is 11.4 Å². The Labute approximate surface area is 152 Å². The van der Waals surface area contributed by atoms with E-state index in [1.807, 2.05) is 0 Å². The van der Waals surface area contributed by atoms with Gasteiger partial charge in [0.1, 0.15) is 0 Å². The molecule has 8 nitrogen and oxygen atoms in total. The highest BCUT2D eigenvalue weighted by Crippen LogP contribution is 2.20. The van der Waals surface area contributed by atoms with Crippen molar-refractivity contribution in [2.45, 2.75) is 13.0 Å². The number of benzene rings is 2. The summed E-state index contributed by atoms with van der Waals surface area (Å²) in [4.78, 5) is 26.1. The number of carbonyl (C=O) groups is 1. The van der Waals surface area contributed by atoms with Crippen molar-refractivity contribution < 1.29 is 19.0 Å². The zero-order valence-corrected chi connectivity index (χ0v) is 14.0. The summed E-state index contributed by atoms with van der Waals surface area (Å²) in [6, 6.07) is 12.7. The highest BCUT2D eigenvalue weighted by Gasteiger charge is 2.13. The molecular weight excluding hydrogens is 362 g/mol. The van der Waals surface area contributed by atoms with E-state index >= 15 is 0 Å². The van der Waals surface area contributed by atoms with Crippen molar-refractivity contribution in [3.63, 3.8) is 0 Å². The fraction of sp³-hybridized carbons (Fsp3) is 0.118. The van der Waals surface area contributed by atoms with Gasteiger partial charge < -0.3 is 9.26 Å². The number of nitrogens with zero attached hydrogens (tertiary/aromatic N) is 3. The van der Waals surface area contributed by atoms with Gasteiger partial charge in [-0.1, -0.05) is 35.0 Å². The largest absolute Gasteiger partial charge is 0.455 e. The molecule has 0 unspecified atom stereocenters. The second-order valence-corrected chi connectivity index (χ2v) is 5.65. The molecule has 0 saturated heterocycles. The molecule has 0 aliphatic carbocycles. The zero-order valence-electron chi connectivity index (χ0n) is 13.3. The fourth-order valence-electron chi connectivity index (χ4n) is 2.15. The summed E-state index contributed by atoms with van der Waals surface area (Å²) in [5.74, 6) is -0.115. The van der Waals surface area contributed by atoms with E-state index < -0.39 is 10.9 Å². The minimum atomic E-state index is -0.496. The Morgan fingerprint density at radius 1 is 1.19 bits per heavy atom. The van der Waals surface area contributed by atoms with Crippen molar-refractivity contribution in [2.24, 2.45) is 0 Å². The van der Waals surface area contributed by atoms with Gasteiger partial charge in [0.15, 0.2) is 6.61 Å². The number of carbonyl (C=O) groups excluding carboxylic acids is 1. The molecule has 0 atom stereocenters. The standard InChI is InChI=1S/C17H12ClN3O5/c18-14-4-2-1-3-12(14)9-16(22)25-10-15-19-17(20-26-15)11-5-7-13(8-6-11)21(23)24/h1-8H,9-10H2. The second-order valence-electron chi connectivity index (χ2n) is 5.24. The van der Waals surface area contributed by atoms with Gasteiger partial charge in [-0.05, 0) is 23.8 Å². The lowest BCUT2D eigenvalue weighted by Gasteiger charge is -2.03. The average Bonchev–Trinajstić information content (AvgIpc) is 3.11. The van der Waals surface area contributed by atoms with Crippen LogP contribution in [0.3, 0.4) is 0 Å². The lowest BCUT2D eigenvalue weighted by Crippen LogP contribution is -2.08. The summed E-state index contributed by atoms with van der Waals surface area (Å²) >= 11 is 6.00. The van der Waals surface area contributed by atoms with Gasteiger partial charge in [-0.25, -0.2) is 0 Å². The van der Waals surface area contributed by atoms with Gasteiger partial charge in [0, 0.05) is 22.7 Å². The van der Waals surface area contributed by atoms with Gasteiger partial charge in [-0.15, -0.1) is 0 Å². The lowest BCUT2D eigenvalue weighted by molar-refractivity contribution is -0.384. The van der Waals surface area contributed by atoms with Gasteiger partial charge >= 0.3 is 5.97 Å². The molecule has 132 valence electrons. The maximum Gasteiger partial charge on any atom is 0.310 e. The molecule has 0 amide bonds. The van der Waals surface area contributed by atoms with E-state index in [0.29, 0.717) is 16.1 Å². The molecule has 26 heavy (non-hydrogen) atoms. The summed E-state index contributed by atoms with van der Waals surface area (Å²) in [6.45, 7) is -0.177. The SMILES string of the molecule is O=C(Cc1ccccc1Cl)OCc1nc(-c2ccc([N+](=O)[O-])cc2)no1. The predicted molar refractivity (Wildman–Crippen MR) is 91.3 cm³/mol. The third kappa shape index (κ3) is 4.22. The highest BCUT2D eigenvalue weighted by atomic mass is 35.5. The van der Waals surface area contributed by atoms with E-state index in [0.717, 1.165) is 0 Å². The van der Waals surface area contributed by atoms with Crippen molar-refractivity contribution in [3.8, 4) is 11.4 Å². The van der Waals surface area contributed by atoms with Crippen molar-refractivity contribution in [2.75, 3.05) is 0 Å². The van der Waals surface area contributed by atoms with E-state index in [4.69, 9.17) is 20.9 Å². The molecule has 0 fully saturated rings. The molecule has 9 heteroatoms. The molecule has 1 aromatic heterocycles. The number of esters is 1. The number of hydrogen-bond acceptors (Lipinski definition) is 7. The summed E-state index contributed by atoms with van der Waals surface area (Å²) in [5.41, 5.74) is 1.18. The molecule has 2 aromatic carbocycles. The number of rotatable bonds is 6. The van der Waals surface area contributed by atoms with Crippen LogP contribution >= 0.6 is 11.6 Å². The summed E-state index contributed by atoms with van der Waals surface area (Å²) in [5, 5.41) is 14.9. The molecule has 3 aromatic rings. The Kier molecular flexibility index (Phi) is 5.23. The number of hydrogen-bond donors (Lipinski definition) is 0. The van der Waals surface area contributed by atoms with Gasteiger partial charge in [0.25, 0.3) is 11.6 Å². The van der Waals surface area contributed by atoms with Crippen LogP contribution in [0.2, 0.25) is 5.02 Å². The Morgan fingerprint density at radius 2 is 1.92 bits per heavy atom. The summed E-state index contributed by atoms with van der Waals surface area (Å²) in [6.07, 6.45) is 0.0308. The number of non-ortho nitro benzene ring substituents is 1. The van der Waals surface area contributed by atoms with E-state index in [2.05, 4.69) is 10.1 Å². The summed E-state index contributed by atoms with van der Waals surface area (Å²) < 4.78 is 10.1. The van der Waals surface area contributed by atoms with Gasteiger partial charge in [-0.2, -0.15) is 4.98 Å². The molecule has 0 spiro atoms. The number of ether oxygens (including phenoxy) is 1. The van der Waals surface area contributed by atoms with Crippen LogP contribution < -0.4 is 0 Å². The Morgan fingerprint density at radius 3 is 2.62 bits per heavy atom. The number of nitro groups is 1. The monoisotopic (exact) mass is 373 g/mol. The Balaban J connectivity index is 1.59. The quantitative estimate of drug-likeness (QED) is 0.369. The molecule has 0 N–H and O–H groups in total. The first-order valence-electron chi connectivity index (χ1n) is 7.49. The first kappa shape index (κ1) is 17.6. The lowest BCUT2D eigenvalue weighted by atomic mass is 10.1. The molecule has 0 aliphatic rings. The molecule has 1 heterocycles. The van der Waals surface area contributed by atoms with E-state index in [1.165, 1.54) is 24.3 Å². The maximum absolute atomic E-state index is 11.9. The second kappa shape index (κ2) is 7.75. The molecule has 0 radical (unpaired) electrons. The molecular formula is C17H12ClN3O5. The number of halogens is 1. The normalized spacial score (nSPS) is 10.5. The Hall–Kier alpha value is -3.26. The van der Waals surface area contributed by atoms with Crippen LogP contribution in [0, 0.1) is 10.1 Å².